The van der Waals surface area contributed by atoms with Crippen LogP contribution < -0.4 is 0 Å². The molecule has 0 aliphatic carbocycles. The SMILES string of the molecule is COC[C@H]1O[C@@H](OC)[C@@H]2OC(C)(C)O[C@@H]21. The second kappa shape index (κ2) is 3.99. The lowest BCUT2D eigenvalue weighted by Gasteiger charge is -2.23. The van der Waals surface area contributed by atoms with Crippen LogP contribution in [0.4, 0.5) is 0 Å². The number of methoxy groups -OCH3 is 2. The smallest absolute Gasteiger partial charge is 0.186 e. The molecule has 2 aliphatic heterocycles. The predicted molar refractivity (Wildman–Crippen MR) is 51.4 cm³/mol. The Morgan fingerprint density at radius 1 is 1.13 bits per heavy atom. The number of hydrogen-bond acceptors (Lipinski definition) is 5. The number of hydrogen-bond donors (Lipinski definition) is 0. The summed E-state index contributed by atoms with van der Waals surface area (Å²) in [5.41, 5.74) is 0. The van der Waals surface area contributed by atoms with Crippen LogP contribution in [0.2, 0.25) is 0 Å². The third kappa shape index (κ3) is 2.03. The second-order valence-corrected chi connectivity index (χ2v) is 4.30. The van der Waals surface area contributed by atoms with Crippen molar-refractivity contribution in [3.05, 3.63) is 0 Å². The van der Waals surface area contributed by atoms with Gasteiger partial charge in [0.1, 0.15) is 18.3 Å². The van der Waals surface area contributed by atoms with E-state index in [0.29, 0.717) is 6.61 Å². The topological polar surface area (TPSA) is 46.2 Å². The van der Waals surface area contributed by atoms with Gasteiger partial charge in [-0.25, -0.2) is 0 Å². The molecule has 2 aliphatic rings. The lowest BCUT2D eigenvalue weighted by molar-refractivity contribution is -0.231. The van der Waals surface area contributed by atoms with Gasteiger partial charge in [0.05, 0.1) is 6.61 Å². The summed E-state index contributed by atoms with van der Waals surface area (Å²) in [7, 11) is 3.24. The summed E-state index contributed by atoms with van der Waals surface area (Å²) in [5, 5.41) is 0. The standard InChI is InChI=1S/C10H18O5/c1-10(2)14-7-6(5-11-3)13-9(12-4)8(7)15-10/h6-9H,5H2,1-4H3/t6-,7-,8-,9-/m1/s1. The fraction of sp³-hybridized carbons (Fsp3) is 1.00. The van der Waals surface area contributed by atoms with E-state index in [9.17, 15) is 0 Å². The van der Waals surface area contributed by atoms with Crippen molar-refractivity contribution in [2.24, 2.45) is 0 Å². The molecule has 0 spiro atoms. The fourth-order valence-corrected chi connectivity index (χ4v) is 2.13. The first-order chi connectivity index (χ1) is 7.07. The van der Waals surface area contributed by atoms with E-state index >= 15 is 0 Å². The van der Waals surface area contributed by atoms with Crippen LogP contribution in [-0.2, 0) is 23.7 Å². The number of ether oxygens (including phenoxy) is 5. The van der Waals surface area contributed by atoms with E-state index in [2.05, 4.69) is 0 Å². The molecular weight excluding hydrogens is 200 g/mol. The molecule has 4 atom stereocenters. The molecular formula is C10H18O5. The third-order valence-corrected chi connectivity index (χ3v) is 2.67. The Morgan fingerprint density at radius 2 is 1.80 bits per heavy atom. The van der Waals surface area contributed by atoms with Crippen LogP contribution in [0.3, 0.4) is 0 Å². The summed E-state index contributed by atoms with van der Waals surface area (Å²) in [5.74, 6) is -0.568. The van der Waals surface area contributed by atoms with Gasteiger partial charge >= 0.3 is 0 Å². The van der Waals surface area contributed by atoms with Gasteiger partial charge in [0.25, 0.3) is 0 Å². The highest BCUT2D eigenvalue weighted by atomic mass is 16.8. The highest BCUT2D eigenvalue weighted by Crippen LogP contribution is 2.38. The molecule has 2 heterocycles. The van der Waals surface area contributed by atoms with Crippen LogP contribution in [0.15, 0.2) is 0 Å². The van der Waals surface area contributed by atoms with Crippen molar-refractivity contribution in [1.82, 2.24) is 0 Å². The normalized spacial score (nSPS) is 43.2. The van der Waals surface area contributed by atoms with Crippen molar-refractivity contribution in [1.29, 1.82) is 0 Å². The Kier molecular flexibility index (Phi) is 3.00. The zero-order chi connectivity index (χ0) is 11.1. The minimum atomic E-state index is -0.568. The molecule has 0 aromatic carbocycles. The molecule has 2 rings (SSSR count). The summed E-state index contributed by atoms with van der Waals surface area (Å²) in [6.45, 7) is 4.27. The average molecular weight is 218 g/mol. The largest absolute Gasteiger partial charge is 0.382 e. The molecule has 0 radical (unpaired) electrons. The lowest BCUT2D eigenvalue weighted by atomic mass is 10.1. The van der Waals surface area contributed by atoms with Gasteiger partial charge < -0.3 is 23.7 Å². The van der Waals surface area contributed by atoms with Crippen LogP contribution in [0.5, 0.6) is 0 Å². The van der Waals surface area contributed by atoms with Gasteiger partial charge in [-0.3, -0.25) is 0 Å². The maximum atomic E-state index is 5.76. The van der Waals surface area contributed by atoms with Gasteiger partial charge in [0, 0.05) is 14.2 Å². The Morgan fingerprint density at radius 3 is 2.40 bits per heavy atom. The summed E-state index contributed by atoms with van der Waals surface area (Å²) in [4.78, 5) is 0. The average Bonchev–Trinajstić information content (AvgIpc) is 2.61. The Hall–Kier alpha value is -0.200. The molecule has 0 bridgehead atoms. The van der Waals surface area contributed by atoms with E-state index < -0.39 is 5.79 Å². The molecule has 2 fully saturated rings. The Bertz CT molecular complexity index is 230. The van der Waals surface area contributed by atoms with E-state index in [1.54, 1.807) is 14.2 Å². The monoisotopic (exact) mass is 218 g/mol. The summed E-state index contributed by atoms with van der Waals surface area (Å²) < 4.78 is 27.4. The molecule has 2 saturated heterocycles. The van der Waals surface area contributed by atoms with Crippen molar-refractivity contribution in [3.63, 3.8) is 0 Å². The van der Waals surface area contributed by atoms with Gasteiger partial charge in [-0.05, 0) is 13.8 Å². The van der Waals surface area contributed by atoms with Crippen LogP contribution in [0, 0.1) is 0 Å². The van der Waals surface area contributed by atoms with Crippen molar-refractivity contribution >= 4 is 0 Å². The first kappa shape index (κ1) is 11.3. The second-order valence-electron chi connectivity index (χ2n) is 4.30. The van der Waals surface area contributed by atoms with Crippen molar-refractivity contribution < 1.29 is 23.7 Å². The Balaban J connectivity index is 2.08. The molecule has 5 nitrogen and oxygen atoms in total. The minimum absolute atomic E-state index is 0.107. The van der Waals surface area contributed by atoms with Crippen LogP contribution in [0.25, 0.3) is 0 Å². The van der Waals surface area contributed by atoms with Crippen LogP contribution in [-0.4, -0.2) is 51.2 Å². The van der Waals surface area contributed by atoms with Crippen molar-refractivity contribution in [3.8, 4) is 0 Å². The molecule has 0 aromatic rings. The first-order valence-corrected chi connectivity index (χ1v) is 5.10. The van der Waals surface area contributed by atoms with Gasteiger partial charge in [-0.2, -0.15) is 0 Å². The van der Waals surface area contributed by atoms with E-state index in [1.165, 1.54) is 0 Å². The zero-order valence-electron chi connectivity index (χ0n) is 9.56. The van der Waals surface area contributed by atoms with Gasteiger partial charge in [-0.1, -0.05) is 0 Å². The number of fused-ring (bicyclic) bond motifs is 1. The van der Waals surface area contributed by atoms with E-state index in [1.807, 2.05) is 13.8 Å². The van der Waals surface area contributed by atoms with E-state index in [0.717, 1.165) is 0 Å². The molecule has 5 heteroatoms. The Labute approximate surface area is 89.6 Å². The molecule has 0 amide bonds. The predicted octanol–water partition coefficient (Wildman–Crippen LogP) is 0.524. The third-order valence-electron chi connectivity index (χ3n) is 2.67. The molecule has 0 N–H and O–H groups in total. The maximum absolute atomic E-state index is 5.76. The lowest BCUT2D eigenvalue weighted by Crippen LogP contribution is -2.32. The fourth-order valence-electron chi connectivity index (χ4n) is 2.13. The summed E-state index contributed by atoms with van der Waals surface area (Å²) >= 11 is 0. The summed E-state index contributed by atoms with van der Waals surface area (Å²) in [6, 6.07) is 0. The molecule has 0 aromatic heterocycles. The minimum Gasteiger partial charge on any atom is -0.382 e. The maximum Gasteiger partial charge on any atom is 0.186 e. The van der Waals surface area contributed by atoms with Gasteiger partial charge in [-0.15, -0.1) is 0 Å². The highest BCUT2D eigenvalue weighted by molar-refractivity contribution is 4.94. The molecule has 0 unspecified atom stereocenters. The number of rotatable bonds is 3. The van der Waals surface area contributed by atoms with E-state index in [-0.39, 0.29) is 24.6 Å². The zero-order valence-corrected chi connectivity index (χ0v) is 9.56. The van der Waals surface area contributed by atoms with Crippen LogP contribution >= 0.6 is 0 Å². The molecule has 88 valence electrons. The van der Waals surface area contributed by atoms with Gasteiger partial charge in [0.2, 0.25) is 0 Å². The highest BCUT2D eigenvalue weighted by Gasteiger charge is 2.55. The summed E-state index contributed by atoms with van der Waals surface area (Å²) in [6.07, 6.45) is -0.751. The first-order valence-electron chi connectivity index (χ1n) is 5.10. The van der Waals surface area contributed by atoms with Crippen molar-refractivity contribution in [2.45, 2.75) is 44.2 Å². The van der Waals surface area contributed by atoms with Crippen LogP contribution in [0.1, 0.15) is 13.8 Å². The van der Waals surface area contributed by atoms with E-state index in [4.69, 9.17) is 23.7 Å². The van der Waals surface area contributed by atoms with Crippen molar-refractivity contribution in [2.75, 3.05) is 20.8 Å². The molecule has 15 heavy (non-hydrogen) atoms. The molecule has 0 saturated carbocycles. The quantitative estimate of drug-likeness (QED) is 0.691. The van der Waals surface area contributed by atoms with Gasteiger partial charge in [0.15, 0.2) is 12.1 Å².